The van der Waals surface area contributed by atoms with E-state index in [9.17, 15) is 4.79 Å². The van der Waals surface area contributed by atoms with Crippen molar-refractivity contribution in [2.75, 3.05) is 19.8 Å². The molecule has 0 aliphatic rings. The first-order chi connectivity index (χ1) is 12.3. The lowest BCUT2D eigenvalue weighted by atomic mass is 10.3. The number of esters is 1. The molecule has 0 fully saturated rings. The lowest BCUT2D eigenvalue weighted by Crippen LogP contribution is -2.13. The molecule has 0 saturated heterocycles. The molecule has 128 valence electrons. The number of nitrogens with zero attached hydrogens (tertiary/aromatic N) is 2. The number of aromatic nitrogens is 2. The minimum atomic E-state index is -0.520. The monoisotopic (exact) mass is 338 g/mol. The summed E-state index contributed by atoms with van der Waals surface area (Å²) in [6.07, 6.45) is 1.41. The van der Waals surface area contributed by atoms with Crippen LogP contribution in [-0.4, -0.2) is 35.8 Å². The van der Waals surface area contributed by atoms with Gasteiger partial charge in [-0.15, -0.1) is 0 Å². The van der Waals surface area contributed by atoms with E-state index < -0.39 is 5.97 Å². The Bertz CT molecular complexity index is 849. The summed E-state index contributed by atoms with van der Waals surface area (Å²) < 4.78 is 16.1. The van der Waals surface area contributed by atoms with Crippen molar-refractivity contribution >= 4 is 17.0 Å². The van der Waals surface area contributed by atoms with Crippen LogP contribution >= 0.6 is 0 Å². The highest BCUT2D eigenvalue weighted by atomic mass is 16.6. The quantitative estimate of drug-likeness (QED) is 0.486. The zero-order valence-electron chi connectivity index (χ0n) is 13.8. The zero-order chi connectivity index (χ0) is 17.5. The fraction of sp³-hybridized carbons (Fsp3) is 0.211. The van der Waals surface area contributed by atoms with E-state index in [-0.39, 0.29) is 18.9 Å². The molecule has 0 N–H and O–H groups in total. The maximum absolute atomic E-state index is 12.0. The number of hydrogen-bond donors (Lipinski definition) is 0. The van der Waals surface area contributed by atoms with Crippen molar-refractivity contribution in [2.45, 2.75) is 6.92 Å². The summed E-state index contributed by atoms with van der Waals surface area (Å²) >= 11 is 0. The van der Waals surface area contributed by atoms with Crippen LogP contribution < -0.4 is 9.47 Å². The lowest BCUT2D eigenvalue weighted by Gasteiger charge is -2.08. The molecule has 6 heteroatoms. The highest BCUT2D eigenvalue weighted by Crippen LogP contribution is 2.17. The van der Waals surface area contributed by atoms with Crippen molar-refractivity contribution < 1.29 is 19.0 Å². The topological polar surface area (TPSA) is 70.5 Å². The van der Waals surface area contributed by atoms with Crippen LogP contribution in [0.3, 0.4) is 0 Å². The van der Waals surface area contributed by atoms with Crippen molar-refractivity contribution in [3.05, 3.63) is 60.4 Å². The van der Waals surface area contributed by atoms with Crippen LogP contribution in [0, 0.1) is 0 Å². The first kappa shape index (κ1) is 16.7. The van der Waals surface area contributed by atoms with Gasteiger partial charge >= 0.3 is 5.97 Å². The molecule has 3 aromatic rings. The van der Waals surface area contributed by atoms with Crippen LogP contribution in [0.1, 0.15) is 17.4 Å². The molecule has 0 aliphatic carbocycles. The van der Waals surface area contributed by atoms with E-state index in [0.717, 1.165) is 11.3 Å². The van der Waals surface area contributed by atoms with Crippen LogP contribution in [0.5, 0.6) is 11.5 Å². The molecule has 1 aromatic heterocycles. The second-order valence-corrected chi connectivity index (χ2v) is 5.13. The van der Waals surface area contributed by atoms with Crippen LogP contribution in [0.2, 0.25) is 0 Å². The van der Waals surface area contributed by atoms with Crippen LogP contribution in [-0.2, 0) is 4.74 Å². The molecule has 6 nitrogen and oxygen atoms in total. The fourth-order valence-electron chi connectivity index (χ4n) is 2.22. The van der Waals surface area contributed by atoms with Gasteiger partial charge in [-0.3, -0.25) is 4.98 Å². The van der Waals surface area contributed by atoms with Crippen molar-refractivity contribution in [3.63, 3.8) is 0 Å². The fourth-order valence-corrected chi connectivity index (χ4v) is 2.22. The average molecular weight is 338 g/mol. The Morgan fingerprint density at radius 3 is 2.32 bits per heavy atom. The van der Waals surface area contributed by atoms with Gasteiger partial charge < -0.3 is 14.2 Å². The van der Waals surface area contributed by atoms with Gasteiger partial charge in [-0.25, -0.2) is 9.78 Å². The van der Waals surface area contributed by atoms with Crippen molar-refractivity contribution in [1.29, 1.82) is 0 Å². The Kier molecular flexibility index (Phi) is 5.41. The summed E-state index contributed by atoms with van der Waals surface area (Å²) in [5.41, 5.74) is 1.57. The number of carbonyl (C=O) groups excluding carboxylic acids is 1. The van der Waals surface area contributed by atoms with Crippen LogP contribution in [0.4, 0.5) is 0 Å². The number of para-hydroxylation sites is 2. The Morgan fingerprint density at radius 2 is 1.60 bits per heavy atom. The van der Waals surface area contributed by atoms with Gasteiger partial charge in [0, 0.05) is 0 Å². The number of fused-ring (bicyclic) bond motifs is 1. The maximum Gasteiger partial charge on any atom is 0.358 e. The van der Waals surface area contributed by atoms with Gasteiger partial charge in [0.2, 0.25) is 0 Å². The third-order valence-corrected chi connectivity index (χ3v) is 3.38. The van der Waals surface area contributed by atoms with Gasteiger partial charge in [-0.05, 0) is 43.3 Å². The number of carbonyl (C=O) groups is 1. The maximum atomic E-state index is 12.0. The highest BCUT2D eigenvalue weighted by molar-refractivity contribution is 5.89. The highest BCUT2D eigenvalue weighted by Gasteiger charge is 2.10. The summed E-state index contributed by atoms with van der Waals surface area (Å²) in [6.45, 7) is 2.92. The van der Waals surface area contributed by atoms with Crippen molar-refractivity contribution in [1.82, 2.24) is 9.97 Å². The molecule has 1 heterocycles. The van der Waals surface area contributed by atoms with Crippen molar-refractivity contribution in [2.24, 2.45) is 0 Å². The van der Waals surface area contributed by atoms with Gasteiger partial charge in [-0.2, -0.15) is 0 Å². The second-order valence-electron chi connectivity index (χ2n) is 5.13. The number of benzene rings is 2. The smallest absolute Gasteiger partial charge is 0.358 e. The van der Waals surface area contributed by atoms with E-state index in [2.05, 4.69) is 9.97 Å². The Labute approximate surface area is 145 Å². The van der Waals surface area contributed by atoms with Gasteiger partial charge in [0.1, 0.15) is 24.7 Å². The summed E-state index contributed by atoms with van der Waals surface area (Å²) in [5.74, 6) is 0.953. The Balaban J connectivity index is 1.48. The first-order valence-electron chi connectivity index (χ1n) is 8.01. The van der Waals surface area contributed by atoms with E-state index in [4.69, 9.17) is 14.2 Å². The molecule has 0 unspecified atom stereocenters. The summed E-state index contributed by atoms with van der Waals surface area (Å²) in [6, 6.07) is 14.6. The van der Waals surface area contributed by atoms with E-state index in [0.29, 0.717) is 17.9 Å². The minimum absolute atomic E-state index is 0.126. The molecule has 0 amide bonds. The van der Waals surface area contributed by atoms with E-state index >= 15 is 0 Å². The van der Waals surface area contributed by atoms with Gasteiger partial charge in [0.25, 0.3) is 0 Å². The first-order valence-corrected chi connectivity index (χ1v) is 8.01. The molecule has 0 radical (unpaired) electrons. The largest absolute Gasteiger partial charge is 0.494 e. The molecular weight excluding hydrogens is 320 g/mol. The van der Waals surface area contributed by atoms with E-state index in [1.165, 1.54) is 6.20 Å². The minimum Gasteiger partial charge on any atom is -0.494 e. The lowest BCUT2D eigenvalue weighted by molar-refractivity contribution is 0.0443. The molecule has 0 aliphatic heterocycles. The molecule has 0 saturated carbocycles. The molecule has 3 rings (SSSR count). The number of rotatable bonds is 7. The normalized spacial score (nSPS) is 10.4. The van der Waals surface area contributed by atoms with Gasteiger partial charge in [0.15, 0.2) is 5.69 Å². The predicted octanol–water partition coefficient (Wildman–Crippen LogP) is 3.26. The Hall–Kier alpha value is -3.15. The number of ether oxygens (including phenoxy) is 3. The van der Waals surface area contributed by atoms with Crippen LogP contribution in [0.25, 0.3) is 11.0 Å². The Morgan fingerprint density at radius 1 is 0.920 bits per heavy atom. The van der Waals surface area contributed by atoms with E-state index in [1.807, 2.05) is 49.4 Å². The molecule has 0 atom stereocenters. The number of hydrogen-bond acceptors (Lipinski definition) is 6. The van der Waals surface area contributed by atoms with Gasteiger partial charge in [-0.1, -0.05) is 12.1 Å². The molecular formula is C19H18N2O4. The molecule has 0 bridgehead atoms. The van der Waals surface area contributed by atoms with Crippen molar-refractivity contribution in [3.8, 4) is 11.5 Å². The molecule has 25 heavy (non-hydrogen) atoms. The van der Waals surface area contributed by atoms with Gasteiger partial charge in [0.05, 0.1) is 23.8 Å². The zero-order valence-corrected chi connectivity index (χ0v) is 13.8. The summed E-state index contributed by atoms with van der Waals surface area (Å²) in [4.78, 5) is 20.5. The standard InChI is InChI=1S/C19H18N2O4/c1-2-23-14-7-9-15(10-8-14)24-11-12-25-19(22)18-13-20-16-5-3-4-6-17(16)21-18/h3-10,13H,2,11-12H2,1H3. The summed E-state index contributed by atoms with van der Waals surface area (Å²) in [5, 5.41) is 0. The third kappa shape index (κ3) is 4.44. The average Bonchev–Trinajstić information content (AvgIpc) is 2.66. The third-order valence-electron chi connectivity index (χ3n) is 3.38. The molecule has 2 aromatic carbocycles. The predicted molar refractivity (Wildman–Crippen MR) is 92.9 cm³/mol. The second kappa shape index (κ2) is 8.10. The van der Waals surface area contributed by atoms with E-state index in [1.54, 1.807) is 6.07 Å². The SMILES string of the molecule is CCOc1ccc(OCCOC(=O)c2cnc3ccccc3n2)cc1. The van der Waals surface area contributed by atoms with Crippen LogP contribution in [0.15, 0.2) is 54.7 Å². The summed E-state index contributed by atoms with van der Waals surface area (Å²) in [7, 11) is 0. The molecule has 0 spiro atoms.